The third-order valence-electron chi connectivity index (χ3n) is 3.22. The van der Waals surface area contributed by atoms with Gasteiger partial charge in [-0.25, -0.2) is 0 Å². The average Bonchev–Trinajstić information content (AvgIpc) is 2.49. The van der Waals surface area contributed by atoms with Crippen LogP contribution in [0, 0.1) is 11.3 Å². The SMILES string of the molecule is COc1cccc(C(C#N)CCc2ccccc2)c1. The zero-order valence-electron chi connectivity index (χ0n) is 11.0. The van der Waals surface area contributed by atoms with Crippen molar-refractivity contribution in [3.8, 4) is 11.8 Å². The smallest absolute Gasteiger partial charge is 0.119 e. The van der Waals surface area contributed by atoms with Gasteiger partial charge in [0, 0.05) is 0 Å². The van der Waals surface area contributed by atoms with E-state index < -0.39 is 0 Å². The maximum atomic E-state index is 9.33. The van der Waals surface area contributed by atoms with Crippen molar-refractivity contribution in [1.82, 2.24) is 0 Å². The minimum Gasteiger partial charge on any atom is -0.497 e. The van der Waals surface area contributed by atoms with Crippen LogP contribution in [0.1, 0.15) is 23.5 Å². The van der Waals surface area contributed by atoms with E-state index in [1.165, 1.54) is 5.56 Å². The molecule has 0 saturated heterocycles. The molecule has 0 bridgehead atoms. The van der Waals surface area contributed by atoms with Gasteiger partial charge >= 0.3 is 0 Å². The maximum Gasteiger partial charge on any atom is 0.119 e. The van der Waals surface area contributed by atoms with Gasteiger partial charge in [-0.3, -0.25) is 0 Å². The molecule has 2 aromatic rings. The van der Waals surface area contributed by atoms with Crippen molar-refractivity contribution in [3.63, 3.8) is 0 Å². The van der Waals surface area contributed by atoms with Gasteiger partial charge in [0.25, 0.3) is 0 Å². The van der Waals surface area contributed by atoms with E-state index in [0.717, 1.165) is 24.2 Å². The van der Waals surface area contributed by atoms with Crippen LogP contribution in [-0.2, 0) is 6.42 Å². The molecule has 0 radical (unpaired) electrons. The van der Waals surface area contributed by atoms with Crippen LogP contribution >= 0.6 is 0 Å². The first-order valence-electron chi connectivity index (χ1n) is 6.41. The summed E-state index contributed by atoms with van der Waals surface area (Å²) in [7, 11) is 1.64. The van der Waals surface area contributed by atoms with E-state index >= 15 is 0 Å². The van der Waals surface area contributed by atoms with Gasteiger partial charge in [-0.2, -0.15) is 5.26 Å². The molecule has 0 aliphatic rings. The lowest BCUT2D eigenvalue weighted by molar-refractivity contribution is 0.414. The molecule has 0 N–H and O–H groups in total. The normalized spacial score (nSPS) is 11.6. The second-order valence-electron chi connectivity index (χ2n) is 4.48. The highest BCUT2D eigenvalue weighted by atomic mass is 16.5. The Kier molecular flexibility index (Phi) is 4.58. The molecule has 1 atom stereocenters. The molecule has 2 aromatic carbocycles. The predicted octanol–water partition coefficient (Wildman–Crippen LogP) is 3.94. The Morgan fingerprint density at radius 3 is 2.58 bits per heavy atom. The second kappa shape index (κ2) is 6.61. The van der Waals surface area contributed by atoms with Crippen LogP contribution in [0.25, 0.3) is 0 Å². The van der Waals surface area contributed by atoms with Crippen LogP contribution in [0.15, 0.2) is 54.6 Å². The second-order valence-corrected chi connectivity index (χ2v) is 4.48. The molecule has 0 heterocycles. The molecule has 1 unspecified atom stereocenters. The summed E-state index contributed by atoms with van der Waals surface area (Å²) in [5, 5.41) is 9.33. The summed E-state index contributed by atoms with van der Waals surface area (Å²) < 4.78 is 5.20. The molecule has 19 heavy (non-hydrogen) atoms. The summed E-state index contributed by atoms with van der Waals surface area (Å²) in [6.45, 7) is 0. The molecule has 2 rings (SSSR count). The number of nitriles is 1. The molecule has 0 fully saturated rings. The number of benzene rings is 2. The van der Waals surface area contributed by atoms with E-state index in [1.54, 1.807) is 7.11 Å². The van der Waals surface area contributed by atoms with E-state index in [9.17, 15) is 5.26 Å². The Balaban J connectivity index is 2.06. The quantitative estimate of drug-likeness (QED) is 0.806. The summed E-state index contributed by atoms with van der Waals surface area (Å²) >= 11 is 0. The number of aryl methyl sites for hydroxylation is 1. The van der Waals surface area contributed by atoms with Crippen molar-refractivity contribution in [2.45, 2.75) is 18.8 Å². The summed E-state index contributed by atoms with van der Waals surface area (Å²) in [5.74, 6) is 0.716. The molecule has 0 spiro atoms. The third kappa shape index (κ3) is 3.59. The van der Waals surface area contributed by atoms with Gasteiger partial charge in [-0.1, -0.05) is 42.5 Å². The zero-order chi connectivity index (χ0) is 13.5. The van der Waals surface area contributed by atoms with Crippen molar-refractivity contribution < 1.29 is 4.74 Å². The summed E-state index contributed by atoms with van der Waals surface area (Å²) in [6, 6.07) is 20.4. The molecular weight excluding hydrogens is 234 g/mol. The molecule has 0 aliphatic carbocycles. The Morgan fingerprint density at radius 2 is 1.89 bits per heavy atom. The fourth-order valence-corrected chi connectivity index (χ4v) is 2.12. The van der Waals surface area contributed by atoms with Crippen molar-refractivity contribution >= 4 is 0 Å². The minimum atomic E-state index is -0.0877. The average molecular weight is 251 g/mol. The fraction of sp³-hybridized carbons (Fsp3) is 0.235. The molecule has 0 aromatic heterocycles. The summed E-state index contributed by atoms with van der Waals surface area (Å²) in [6.07, 6.45) is 1.74. The van der Waals surface area contributed by atoms with Gasteiger partial charge in [0.15, 0.2) is 0 Å². The van der Waals surface area contributed by atoms with Crippen LogP contribution in [-0.4, -0.2) is 7.11 Å². The van der Waals surface area contributed by atoms with Crippen LogP contribution in [0.3, 0.4) is 0 Å². The number of methoxy groups -OCH3 is 1. The molecule has 96 valence electrons. The molecule has 2 heteroatoms. The van der Waals surface area contributed by atoms with Crippen LogP contribution in [0.5, 0.6) is 5.75 Å². The van der Waals surface area contributed by atoms with Crippen molar-refractivity contribution in [2.75, 3.05) is 7.11 Å². The lowest BCUT2D eigenvalue weighted by Gasteiger charge is -2.10. The van der Waals surface area contributed by atoms with Gasteiger partial charge in [0.1, 0.15) is 5.75 Å². The van der Waals surface area contributed by atoms with E-state index in [0.29, 0.717) is 0 Å². The Morgan fingerprint density at radius 1 is 1.11 bits per heavy atom. The Hall–Kier alpha value is -2.27. The molecule has 2 nitrogen and oxygen atoms in total. The first kappa shape index (κ1) is 13.2. The van der Waals surface area contributed by atoms with Crippen LogP contribution in [0.4, 0.5) is 0 Å². The molecule has 0 aliphatic heterocycles. The predicted molar refractivity (Wildman–Crippen MR) is 76.1 cm³/mol. The standard InChI is InChI=1S/C17H17NO/c1-19-17-9-5-8-15(12-17)16(13-18)11-10-14-6-3-2-4-7-14/h2-9,12,16H,10-11H2,1H3. The monoisotopic (exact) mass is 251 g/mol. The lowest BCUT2D eigenvalue weighted by atomic mass is 9.93. The van der Waals surface area contributed by atoms with Crippen molar-refractivity contribution in [2.24, 2.45) is 0 Å². The van der Waals surface area contributed by atoms with Gasteiger partial charge in [0.2, 0.25) is 0 Å². The number of nitrogens with zero attached hydrogens (tertiary/aromatic N) is 1. The largest absolute Gasteiger partial charge is 0.497 e. The Bertz CT molecular complexity index is 557. The molecule has 0 amide bonds. The topological polar surface area (TPSA) is 33.0 Å². The van der Waals surface area contributed by atoms with Gasteiger partial charge in [0.05, 0.1) is 19.1 Å². The van der Waals surface area contributed by atoms with Gasteiger partial charge in [-0.15, -0.1) is 0 Å². The third-order valence-corrected chi connectivity index (χ3v) is 3.22. The fourth-order valence-electron chi connectivity index (χ4n) is 2.12. The van der Waals surface area contributed by atoms with E-state index in [4.69, 9.17) is 4.74 Å². The number of hydrogen-bond acceptors (Lipinski definition) is 2. The number of rotatable bonds is 5. The van der Waals surface area contributed by atoms with Crippen molar-refractivity contribution in [3.05, 3.63) is 65.7 Å². The highest BCUT2D eigenvalue weighted by molar-refractivity contribution is 5.33. The van der Waals surface area contributed by atoms with Crippen molar-refractivity contribution in [1.29, 1.82) is 5.26 Å². The van der Waals surface area contributed by atoms with Crippen LogP contribution < -0.4 is 4.74 Å². The first-order chi connectivity index (χ1) is 9.33. The van der Waals surface area contributed by atoms with E-state index in [-0.39, 0.29) is 5.92 Å². The summed E-state index contributed by atoms with van der Waals surface area (Å²) in [5.41, 5.74) is 2.29. The van der Waals surface area contributed by atoms with Gasteiger partial charge < -0.3 is 4.74 Å². The maximum absolute atomic E-state index is 9.33. The number of ether oxygens (including phenoxy) is 1. The number of hydrogen-bond donors (Lipinski definition) is 0. The van der Waals surface area contributed by atoms with Crippen LogP contribution in [0.2, 0.25) is 0 Å². The minimum absolute atomic E-state index is 0.0877. The highest BCUT2D eigenvalue weighted by Gasteiger charge is 2.11. The highest BCUT2D eigenvalue weighted by Crippen LogP contribution is 2.24. The van der Waals surface area contributed by atoms with Gasteiger partial charge in [-0.05, 0) is 36.1 Å². The lowest BCUT2D eigenvalue weighted by Crippen LogP contribution is -1.99. The van der Waals surface area contributed by atoms with E-state index in [1.807, 2.05) is 42.5 Å². The zero-order valence-corrected chi connectivity index (χ0v) is 11.0. The first-order valence-corrected chi connectivity index (χ1v) is 6.41. The van der Waals surface area contributed by atoms with E-state index in [2.05, 4.69) is 18.2 Å². The molecule has 0 saturated carbocycles. The Labute approximate surface area is 114 Å². The summed E-state index contributed by atoms with van der Waals surface area (Å²) in [4.78, 5) is 0. The molecular formula is C17H17NO.